The Kier molecular flexibility index (Phi) is 5.09. The predicted molar refractivity (Wildman–Crippen MR) is 103 cm³/mol. The van der Waals surface area contributed by atoms with Crippen molar-refractivity contribution in [3.8, 4) is 5.69 Å². The third kappa shape index (κ3) is 3.81. The Morgan fingerprint density at radius 3 is 2.81 bits per heavy atom. The quantitative estimate of drug-likeness (QED) is 0.857. The van der Waals surface area contributed by atoms with Crippen molar-refractivity contribution in [1.29, 1.82) is 0 Å². The Morgan fingerprint density at radius 1 is 1.19 bits per heavy atom. The molecule has 0 radical (unpaired) electrons. The molecule has 1 aromatic carbocycles. The van der Waals surface area contributed by atoms with Crippen LogP contribution in [-0.4, -0.2) is 88.6 Å². The number of piperazine rings is 1. The van der Waals surface area contributed by atoms with Crippen LogP contribution < -0.4 is 5.32 Å². The van der Waals surface area contributed by atoms with E-state index in [9.17, 15) is 4.79 Å². The summed E-state index contributed by atoms with van der Waals surface area (Å²) >= 11 is 0. The maximum absolute atomic E-state index is 12.6. The molecule has 0 spiro atoms. The minimum absolute atomic E-state index is 0.0171. The maximum atomic E-state index is 12.6. The van der Waals surface area contributed by atoms with Crippen molar-refractivity contribution < 1.29 is 4.79 Å². The zero-order valence-corrected chi connectivity index (χ0v) is 16.0. The van der Waals surface area contributed by atoms with Crippen LogP contribution in [0.1, 0.15) is 11.4 Å². The van der Waals surface area contributed by atoms with Gasteiger partial charge in [0.25, 0.3) is 0 Å². The topological polar surface area (TPSA) is 69.5 Å². The van der Waals surface area contributed by atoms with Gasteiger partial charge in [0.05, 0.1) is 17.9 Å². The van der Waals surface area contributed by atoms with E-state index in [0.717, 1.165) is 43.1 Å². The second kappa shape index (κ2) is 7.66. The fourth-order valence-corrected chi connectivity index (χ4v) is 3.80. The predicted octanol–water partition coefficient (Wildman–Crippen LogP) is 0.581. The monoisotopic (exact) mass is 369 g/mol. The maximum Gasteiger partial charge on any atom is 0.317 e. The first-order valence-corrected chi connectivity index (χ1v) is 9.52. The summed E-state index contributed by atoms with van der Waals surface area (Å²) in [5.41, 5.74) is 2.99. The van der Waals surface area contributed by atoms with E-state index in [0.29, 0.717) is 25.7 Å². The summed E-state index contributed by atoms with van der Waals surface area (Å²) in [6, 6.07) is 10.3. The van der Waals surface area contributed by atoms with E-state index in [1.54, 1.807) is 0 Å². The van der Waals surface area contributed by atoms with Gasteiger partial charge < -0.3 is 15.1 Å². The summed E-state index contributed by atoms with van der Waals surface area (Å²) < 4.78 is 1.89. The molecular weight excluding hydrogens is 342 g/mol. The number of fused-ring (bicyclic) bond motifs is 1. The first-order valence-electron chi connectivity index (χ1n) is 9.52. The van der Waals surface area contributed by atoms with Crippen LogP contribution in [0.4, 0.5) is 4.79 Å². The molecule has 0 saturated carbocycles. The van der Waals surface area contributed by atoms with E-state index in [4.69, 9.17) is 0 Å². The second-order valence-electron chi connectivity index (χ2n) is 7.48. The molecule has 1 N–H and O–H groups in total. The van der Waals surface area contributed by atoms with Crippen LogP contribution in [0.25, 0.3) is 5.69 Å². The third-order valence-corrected chi connectivity index (χ3v) is 5.56. The van der Waals surface area contributed by atoms with Crippen LogP contribution in [0.15, 0.2) is 30.3 Å². The van der Waals surface area contributed by atoms with Crippen molar-refractivity contribution in [2.45, 2.75) is 19.0 Å². The van der Waals surface area contributed by atoms with Gasteiger partial charge in [-0.3, -0.25) is 4.90 Å². The molecule has 1 fully saturated rings. The van der Waals surface area contributed by atoms with Gasteiger partial charge in [0.2, 0.25) is 0 Å². The number of nitrogens with one attached hydrogen (secondary N) is 1. The lowest BCUT2D eigenvalue weighted by Crippen LogP contribution is -2.55. The number of amides is 2. The number of benzene rings is 1. The molecule has 144 valence electrons. The molecular formula is C19H27N7O. The zero-order chi connectivity index (χ0) is 18.8. The summed E-state index contributed by atoms with van der Waals surface area (Å²) in [6.45, 7) is 4.94. The molecule has 1 aromatic heterocycles. The molecule has 2 aliphatic heterocycles. The van der Waals surface area contributed by atoms with Crippen molar-refractivity contribution in [2.24, 2.45) is 0 Å². The van der Waals surface area contributed by atoms with E-state index in [-0.39, 0.29) is 6.03 Å². The molecule has 2 aromatic rings. The summed E-state index contributed by atoms with van der Waals surface area (Å²) in [4.78, 5) is 19.1. The van der Waals surface area contributed by atoms with Crippen LogP contribution in [0, 0.1) is 0 Å². The van der Waals surface area contributed by atoms with Gasteiger partial charge in [0.15, 0.2) is 0 Å². The van der Waals surface area contributed by atoms with Crippen LogP contribution in [0.5, 0.6) is 0 Å². The summed E-state index contributed by atoms with van der Waals surface area (Å²) in [6.07, 6.45) is 0.761. The number of carbonyl (C=O) groups excluding carboxylic acids is 1. The molecule has 1 unspecified atom stereocenters. The fourth-order valence-electron chi connectivity index (χ4n) is 3.80. The van der Waals surface area contributed by atoms with Crippen LogP contribution in [-0.2, 0) is 13.0 Å². The molecule has 2 amide bonds. The summed E-state index contributed by atoms with van der Waals surface area (Å²) in [5, 5.41) is 11.7. The average Bonchev–Trinajstić information content (AvgIpc) is 3.12. The normalized spacial score (nSPS) is 21.1. The molecule has 0 bridgehead atoms. The van der Waals surface area contributed by atoms with Gasteiger partial charge in [-0.15, -0.1) is 5.10 Å². The van der Waals surface area contributed by atoms with Gasteiger partial charge in [0.1, 0.15) is 5.69 Å². The fraction of sp³-hybridized carbons (Fsp3) is 0.526. The largest absolute Gasteiger partial charge is 0.336 e. The number of rotatable bonds is 3. The average molecular weight is 369 g/mol. The molecule has 3 heterocycles. The van der Waals surface area contributed by atoms with Crippen LogP contribution in [0.3, 0.4) is 0 Å². The molecule has 2 aliphatic rings. The zero-order valence-electron chi connectivity index (χ0n) is 16.0. The minimum atomic E-state index is -0.0171. The Labute approximate surface area is 159 Å². The SMILES string of the molecule is CN1CCN(C)C(CNC(=O)N2CCc3c(nnn3-c3ccccc3)C2)C1. The lowest BCUT2D eigenvalue weighted by molar-refractivity contribution is 0.112. The van der Waals surface area contributed by atoms with Crippen LogP contribution in [0.2, 0.25) is 0 Å². The second-order valence-corrected chi connectivity index (χ2v) is 7.48. The van der Waals surface area contributed by atoms with E-state index in [1.165, 1.54) is 0 Å². The Morgan fingerprint density at radius 2 is 2.00 bits per heavy atom. The molecule has 1 atom stereocenters. The number of aromatic nitrogens is 3. The molecule has 0 aliphatic carbocycles. The first-order chi connectivity index (χ1) is 13.1. The van der Waals surface area contributed by atoms with E-state index in [1.807, 2.05) is 39.9 Å². The van der Waals surface area contributed by atoms with Crippen molar-refractivity contribution in [3.05, 3.63) is 41.7 Å². The third-order valence-electron chi connectivity index (χ3n) is 5.56. The number of likely N-dealkylation sites (N-methyl/N-ethyl adjacent to an activating group) is 2. The first kappa shape index (κ1) is 17.9. The van der Waals surface area contributed by atoms with Gasteiger partial charge in [-0.2, -0.15) is 0 Å². The number of para-hydroxylation sites is 1. The van der Waals surface area contributed by atoms with E-state index >= 15 is 0 Å². The van der Waals surface area contributed by atoms with Gasteiger partial charge >= 0.3 is 6.03 Å². The molecule has 8 nitrogen and oxygen atoms in total. The lowest BCUT2D eigenvalue weighted by atomic mass is 10.1. The van der Waals surface area contributed by atoms with E-state index < -0.39 is 0 Å². The smallest absolute Gasteiger partial charge is 0.317 e. The van der Waals surface area contributed by atoms with Crippen LogP contribution >= 0.6 is 0 Å². The van der Waals surface area contributed by atoms with Crippen molar-refractivity contribution in [2.75, 3.05) is 46.8 Å². The highest BCUT2D eigenvalue weighted by Crippen LogP contribution is 2.19. The minimum Gasteiger partial charge on any atom is -0.336 e. The highest BCUT2D eigenvalue weighted by atomic mass is 16.2. The van der Waals surface area contributed by atoms with Crippen molar-refractivity contribution in [3.63, 3.8) is 0 Å². The van der Waals surface area contributed by atoms with Gasteiger partial charge in [-0.1, -0.05) is 23.4 Å². The summed E-state index contributed by atoms with van der Waals surface area (Å²) in [7, 11) is 4.25. The van der Waals surface area contributed by atoms with Gasteiger partial charge in [0, 0.05) is 45.2 Å². The standard InChI is InChI=1S/C19H27N7O/c1-23-10-11-24(2)16(13-23)12-20-19(27)25-9-8-18-17(14-25)21-22-26(18)15-6-4-3-5-7-15/h3-7,16H,8-14H2,1-2H3,(H,20,27). The molecule has 4 rings (SSSR count). The highest BCUT2D eigenvalue weighted by molar-refractivity contribution is 5.74. The van der Waals surface area contributed by atoms with Gasteiger partial charge in [-0.05, 0) is 26.2 Å². The summed E-state index contributed by atoms with van der Waals surface area (Å²) in [5.74, 6) is 0. The Balaban J connectivity index is 1.37. The number of hydrogen-bond acceptors (Lipinski definition) is 5. The highest BCUT2D eigenvalue weighted by Gasteiger charge is 2.27. The number of hydrogen-bond donors (Lipinski definition) is 1. The van der Waals surface area contributed by atoms with Crippen molar-refractivity contribution in [1.82, 2.24) is 35.0 Å². The Hall–Kier alpha value is -2.45. The van der Waals surface area contributed by atoms with Gasteiger partial charge in [-0.25, -0.2) is 9.48 Å². The Bertz CT molecular complexity index is 791. The number of urea groups is 1. The molecule has 27 heavy (non-hydrogen) atoms. The lowest BCUT2D eigenvalue weighted by Gasteiger charge is -2.38. The van der Waals surface area contributed by atoms with E-state index in [2.05, 4.69) is 39.5 Å². The van der Waals surface area contributed by atoms with Crippen molar-refractivity contribution >= 4 is 6.03 Å². The molecule has 1 saturated heterocycles. The number of carbonyl (C=O) groups is 1. The molecule has 8 heteroatoms. The number of nitrogens with zero attached hydrogens (tertiary/aromatic N) is 6.